The van der Waals surface area contributed by atoms with Crippen LogP contribution in [-0.4, -0.2) is 35.7 Å². The van der Waals surface area contributed by atoms with Crippen molar-refractivity contribution in [3.63, 3.8) is 0 Å². The lowest BCUT2D eigenvalue weighted by Crippen LogP contribution is -2.26. The lowest BCUT2D eigenvalue weighted by Gasteiger charge is -2.15. The number of thioether (sulfide) groups is 1. The molecule has 0 unspecified atom stereocenters. The molecule has 0 radical (unpaired) electrons. The molecule has 17 heavy (non-hydrogen) atoms. The maximum Gasteiger partial charge on any atom is 0.351 e. The summed E-state index contributed by atoms with van der Waals surface area (Å²) in [7, 11) is 0. The molecule has 0 bridgehead atoms. The van der Waals surface area contributed by atoms with Crippen LogP contribution in [0.4, 0.5) is 0 Å². The van der Waals surface area contributed by atoms with E-state index in [4.69, 9.17) is 10.00 Å². The molecule has 0 aromatic heterocycles. The Morgan fingerprint density at radius 2 is 2.29 bits per heavy atom. The molecule has 0 aliphatic carbocycles. The molecule has 5 nitrogen and oxygen atoms in total. The fraction of sp³-hybridized carbons (Fsp3) is 0.545. The van der Waals surface area contributed by atoms with Gasteiger partial charge in [-0.05, 0) is 13.3 Å². The van der Waals surface area contributed by atoms with E-state index in [1.165, 1.54) is 16.7 Å². The van der Waals surface area contributed by atoms with Crippen molar-refractivity contribution in [2.75, 3.05) is 18.9 Å². The second-order valence-corrected chi connectivity index (χ2v) is 4.32. The minimum Gasteiger partial charge on any atom is -0.462 e. The average molecular weight is 254 g/mol. The number of nitrogens with zero attached hydrogens (tertiary/aromatic N) is 2. The molecule has 0 atom stereocenters. The molecule has 0 N–H and O–H groups in total. The van der Waals surface area contributed by atoms with Gasteiger partial charge in [0.15, 0.2) is 5.57 Å². The lowest BCUT2D eigenvalue weighted by molar-refractivity contribution is -0.138. The molecule has 0 aromatic rings. The molecule has 1 aliphatic rings. The topological polar surface area (TPSA) is 70.4 Å². The molecule has 1 fully saturated rings. The Bertz CT molecular complexity index is 398. The number of carbonyl (C=O) groups is 2. The zero-order chi connectivity index (χ0) is 12.8. The second kappa shape index (κ2) is 6.30. The maximum atomic E-state index is 11.6. The summed E-state index contributed by atoms with van der Waals surface area (Å²) in [6.07, 6.45) is 0.698. The molecular formula is C11H14N2O3S. The molecule has 1 saturated heterocycles. The molecule has 1 heterocycles. The number of carbonyl (C=O) groups excluding carboxylic acids is 2. The highest BCUT2D eigenvalue weighted by molar-refractivity contribution is 8.04. The fourth-order valence-electron chi connectivity index (χ4n) is 1.37. The fourth-order valence-corrected chi connectivity index (χ4v) is 2.45. The van der Waals surface area contributed by atoms with Crippen LogP contribution in [-0.2, 0) is 14.3 Å². The molecule has 92 valence electrons. The van der Waals surface area contributed by atoms with Gasteiger partial charge >= 0.3 is 5.97 Å². The summed E-state index contributed by atoms with van der Waals surface area (Å²) in [5, 5.41) is 9.41. The molecule has 6 heteroatoms. The van der Waals surface area contributed by atoms with E-state index in [2.05, 4.69) is 0 Å². The minimum atomic E-state index is -0.648. The van der Waals surface area contributed by atoms with Crippen molar-refractivity contribution in [3.05, 3.63) is 10.6 Å². The van der Waals surface area contributed by atoms with E-state index in [0.717, 1.165) is 0 Å². The summed E-state index contributed by atoms with van der Waals surface area (Å²) < 4.78 is 4.91. The van der Waals surface area contributed by atoms with Crippen molar-refractivity contribution in [1.29, 1.82) is 5.26 Å². The van der Waals surface area contributed by atoms with Crippen molar-refractivity contribution in [1.82, 2.24) is 4.90 Å². The highest BCUT2D eigenvalue weighted by atomic mass is 32.2. The van der Waals surface area contributed by atoms with Gasteiger partial charge in [0.25, 0.3) is 0 Å². The SMILES string of the molecule is CCCOC(=O)/C(C#N)=C1\SCC(=O)N1CC. The average Bonchev–Trinajstić information content (AvgIpc) is 2.69. The summed E-state index contributed by atoms with van der Waals surface area (Å²) in [5.74, 6) is -0.455. The third-order valence-corrected chi connectivity index (χ3v) is 3.25. The number of rotatable bonds is 4. The lowest BCUT2D eigenvalue weighted by atomic mass is 10.3. The summed E-state index contributed by atoms with van der Waals surface area (Å²) in [4.78, 5) is 24.6. The largest absolute Gasteiger partial charge is 0.462 e. The Morgan fingerprint density at radius 3 is 2.82 bits per heavy atom. The third kappa shape index (κ3) is 3.01. The second-order valence-electron chi connectivity index (χ2n) is 3.35. The van der Waals surface area contributed by atoms with Gasteiger partial charge in [0.05, 0.1) is 12.4 Å². The zero-order valence-corrected chi connectivity index (χ0v) is 10.7. The standard InChI is InChI=1S/C11H14N2O3S/c1-3-5-16-11(15)8(6-12)10-13(4-2)9(14)7-17-10/h3-5,7H2,1-2H3/b10-8-. The first-order chi connectivity index (χ1) is 8.15. The monoisotopic (exact) mass is 254 g/mol. The van der Waals surface area contributed by atoms with Crippen LogP contribution in [0, 0.1) is 11.3 Å². The molecule has 1 rings (SSSR count). The van der Waals surface area contributed by atoms with Gasteiger partial charge in [-0.3, -0.25) is 4.79 Å². The smallest absolute Gasteiger partial charge is 0.351 e. The predicted octanol–water partition coefficient (Wildman–Crippen LogP) is 1.27. The number of ether oxygens (including phenoxy) is 1. The van der Waals surface area contributed by atoms with E-state index in [9.17, 15) is 9.59 Å². The van der Waals surface area contributed by atoms with Crippen LogP contribution in [0.5, 0.6) is 0 Å². The zero-order valence-electron chi connectivity index (χ0n) is 9.86. The Kier molecular flexibility index (Phi) is 5.04. The Morgan fingerprint density at radius 1 is 1.59 bits per heavy atom. The van der Waals surface area contributed by atoms with Gasteiger partial charge in [0.1, 0.15) is 11.1 Å². The van der Waals surface area contributed by atoms with Gasteiger partial charge in [0, 0.05) is 6.54 Å². The highest BCUT2D eigenvalue weighted by Gasteiger charge is 2.31. The molecular weight excluding hydrogens is 240 g/mol. The van der Waals surface area contributed by atoms with Crippen LogP contribution in [0.25, 0.3) is 0 Å². The van der Waals surface area contributed by atoms with E-state index >= 15 is 0 Å². The molecule has 0 spiro atoms. The van der Waals surface area contributed by atoms with E-state index < -0.39 is 5.97 Å². The van der Waals surface area contributed by atoms with Gasteiger partial charge in [-0.2, -0.15) is 5.26 Å². The quantitative estimate of drug-likeness (QED) is 0.429. The van der Waals surface area contributed by atoms with E-state index in [-0.39, 0.29) is 23.8 Å². The first kappa shape index (κ1) is 13.6. The van der Waals surface area contributed by atoms with Crippen molar-refractivity contribution < 1.29 is 14.3 Å². The van der Waals surface area contributed by atoms with Gasteiger partial charge in [-0.25, -0.2) is 4.79 Å². The number of esters is 1. The van der Waals surface area contributed by atoms with E-state index in [1.807, 2.05) is 13.0 Å². The van der Waals surface area contributed by atoms with Crippen LogP contribution >= 0.6 is 11.8 Å². The number of hydrogen-bond acceptors (Lipinski definition) is 5. The van der Waals surface area contributed by atoms with Gasteiger partial charge < -0.3 is 9.64 Å². The van der Waals surface area contributed by atoms with Crippen molar-refractivity contribution in [2.24, 2.45) is 0 Å². The molecule has 0 aromatic carbocycles. The van der Waals surface area contributed by atoms with Crippen LogP contribution in [0.2, 0.25) is 0 Å². The summed E-state index contributed by atoms with van der Waals surface area (Å²) in [6.45, 7) is 4.41. The Labute approximate surface area is 104 Å². The third-order valence-electron chi connectivity index (χ3n) is 2.16. The summed E-state index contributed by atoms with van der Waals surface area (Å²) in [5.41, 5.74) is -0.0730. The van der Waals surface area contributed by atoms with Crippen molar-refractivity contribution in [2.45, 2.75) is 20.3 Å². The minimum absolute atomic E-state index is 0.0730. The van der Waals surface area contributed by atoms with Gasteiger partial charge in [-0.15, -0.1) is 0 Å². The normalized spacial score (nSPS) is 17.9. The van der Waals surface area contributed by atoms with Crippen molar-refractivity contribution in [3.8, 4) is 6.07 Å². The van der Waals surface area contributed by atoms with Crippen molar-refractivity contribution >= 4 is 23.6 Å². The van der Waals surface area contributed by atoms with E-state index in [0.29, 0.717) is 18.0 Å². The van der Waals surface area contributed by atoms with Crippen LogP contribution in [0.1, 0.15) is 20.3 Å². The van der Waals surface area contributed by atoms with Crippen LogP contribution in [0.15, 0.2) is 10.6 Å². The number of nitriles is 1. The van der Waals surface area contributed by atoms with Crippen LogP contribution in [0.3, 0.4) is 0 Å². The molecule has 0 saturated carbocycles. The summed E-state index contributed by atoms with van der Waals surface area (Å²) in [6, 6.07) is 1.83. The highest BCUT2D eigenvalue weighted by Crippen LogP contribution is 2.31. The first-order valence-electron chi connectivity index (χ1n) is 5.40. The predicted molar refractivity (Wildman–Crippen MR) is 63.7 cm³/mol. The summed E-state index contributed by atoms with van der Waals surface area (Å²) >= 11 is 1.21. The number of amides is 1. The van der Waals surface area contributed by atoms with Gasteiger partial charge in [0.2, 0.25) is 5.91 Å². The Balaban J connectivity index is 2.95. The Hall–Kier alpha value is -1.48. The van der Waals surface area contributed by atoms with Crippen LogP contribution < -0.4 is 0 Å². The van der Waals surface area contributed by atoms with E-state index in [1.54, 1.807) is 6.92 Å². The molecule has 1 amide bonds. The first-order valence-corrected chi connectivity index (χ1v) is 6.38. The van der Waals surface area contributed by atoms with Gasteiger partial charge in [-0.1, -0.05) is 18.7 Å². The maximum absolute atomic E-state index is 11.6. The molecule has 1 aliphatic heterocycles. The number of hydrogen-bond donors (Lipinski definition) is 0.